The minimum Gasteiger partial charge on any atom is -0.497 e. The maximum absolute atomic E-state index is 13.3. The van der Waals surface area contributed by atoms with Crippen LogP contribution in [0.25, 0.3) is 0 Å². The SMILES string of the molecule is COc1ccc([C@@H]2CC(c3ccccc3)=NN2C(=O)CN2CCCC[C@H]2C)cc1. The lowest BCUT2D eigenvalue weighted by atomic mass is 9.98. The van der Waals surface area contributed by atoms with Crippen molar-refractivity contribution in [2.24, 2.45) is 5.10 Å². The molecule has 2 aromatic carbocycles. The van der Waals surface area contributed by atoms with Crippen LogP contribution in [0.2, 0.25) is 0 Å². The van der Waals surface area contributed by atoms with E-state index in [1.165, 1.54) is 6.42 Å². The molecule has 0 saturated carbocycles. The highest BCUT2D eigenvalue weighted by atomic mass is 16.5. The number of likely N-dealkylation sites (tertiary alicyclic amines) is 1. The maximum atomic E-state index is 13.3. The fourth-order valence-electron chi connectivity index (χ4n) is 4.27. The number of benzene rings is 2. The third kappa shape index (κ3) is 4.35. The second kappa shape index (κ2) is 8.78. The number of carbonyl (C=O) groups excluding carboxylic acids is 1. The molecule has 1 amide bonds. The normalized spacial score (nSPS) is 22.4. The average molecular weight is 392 g/mol. The van der Waals surface area contributed by atoms with E-state index in [0.29, 0.717) is 12.6 Å². The Morgan fingerprint density at radius 1 is 1.10 bits per heavy atom. The summed E-state index contributed by atoms with van der Waals surface area (Å²) >= 11 is 0. The van der Waals surface area contributed by atoms with Gasteiger partial charge in [0.25, 0.3) is 5.91 Å². The van der Waals surface area contributed by atoms with E-state index >= 15 is 0 Å². The standard InChI is InChI=1S/C24H29N3O2/c1-18-8-6-7-15-26(18)17-24(28)27-23(20-11-13-21(29-2)14-12-20)16-22(25-27)19-9-4-3-5-10-19/h3-5,9-14,18,23H,6-8,15-17H2,1-2H3/t18-,23+/m1/s1. The van der Waals surface area contributed by atoms with Gasteiger partial charge in [-0.25, -0.2) is 5.01 Å². The molecular weight excluding hydrogens is 362 g/mol. The van der Waals surface area contributed by atoms with E-state index < -0.39 is 0 Å². The number of hydrazone groups is 1. The average Bonchev–Trinajstić information content (AvgIpc) is 3.22. The van der Waals surface area contributed by atoms with Gasteiger partial charge in [-0.2, -0.15) is 5.10 Å². The topological polar surface area (TPSA) is 45.1 Å². The van der Waals surface area contributed by atoms with E-state index in [2.05, 4.69) is 24.0 Å². The molecule has 5 heteroatoms. The van der Waals surface area contributed by atoms with Crippen LogP contribution < -0.4 is 4.74 Å². The van der Waals surface area contributed by atoms with Crippen molar-refractivity contribution in [1.29, 1.82) is 0 Å². The van der Waals surface area contributed by atoms with Gasteiger partial charge in [-0.15, -0.1) is 0 Å². The smallest absolute Gasteiger partial charge is 0.257 e. The largest absolute Gasteiger partial charge is 0.497 e. The van der Waals surface area contributed by atoms with E-state index in [-0.39, 0.29) is 11.9 Å². The van der Waals surface area contributed by atoms with Gasteiger partial charge < -0.3 is 4.74 Å². The molecule has 5 nitrogen and oxygen atoms in total. The van der Waals surface area contributed by atoms with E-state index in [1.807, 2.05) is 42.5 Å². The Kier molecular flexibility index (Phi) is 5.95. The van der Waals surface area contributed by atoms with Gasteiger partial charge in [0.2, 0.25) is 0 Å². The van der Waals surface area contributed by atoms with Crippen LogP contribution in [0, 0.1) is 0 Å². The van der Waals surface area contributed by atoms with Gasteiger partial charge in [-0.1, -0.05) is 48.9 Å². The molecule has 1 saturated heterocycles. The van der Waals surface area contributed by atoms with Gasteiger partial charge >= 0.3 is 0 Å². The van der Waals surface area contributed by atoms with Crippen LogP contribution in [0.5, 0.6) is 5.75 Å². The van der Waals surface area contributed by atoms with Crippen LogP contribution in [0.15, 0.2) is 59.7 Å². The molecule has 29 heavy (non-hydrogen) atoms. The van der Waals surface area contributed by atoms with Crippen molar-refractivity contribution in [1.82, 2.24) is 9.91 Å². The quantitative estimate of drug-likeness (QED) is 0.766. The molecule has 0 bridgehead atoms. The molecule has 2 aliphatic rings. The predicted octanol–water partition coefficient (Wildman–Crippen LogP) is 4.25. The molecule has 0 aliphatic carbocycles. The van der Waals surface area contributed by atoms with Crippen LogP contribution >= 0.6 is 0 Å². The first kappa shape index (κ1) is 19.6. The first-order chi connectivity index (χ1) is 14.2. The summed E-state index contributed by atoms with van der Waals surface area (Å²) in [6.07, 6.45) is 4.30. The second-order valence-electron chi connectivity index (χ2n) is 7.96. The Balaban J connectivity index is 1.59. The predicted molar refractivity (Wildman–Crippen MR) is 115 cm³/mol. The van der Waals surface area contributed by atoms with Crippen molar-refractivity contribution in [3.05, 3.63) is 65.7 Å². The third-order valence-corrected chi connectivity index (χ3v) is 6.05. The molecule has 0 radical (unpaired) electrons. The number of ether oxygens (including phenoxy) is 1. The number of methoxy groups -OCH3 is 1. The first-order valence-corrected chi connectivity index (χ1v) is 10.5. The minimum atomic E-state index is -0.0799. The fraction of sp³-hybridized carbons (Fsp3) is 0.417. The molecule has 1 fully saturated rings. The zero-order valence-electron chi connectivity index (χ0n) is 17.3. The van der Waals surface area contributed by atoms with Crippen molar-refractivity contribution in [2.45, 2.75) is 44.7 Å². The zero-order chi connectivity index (χ0) is 20.2. The summed E-state index contributed by atoms with van der Waals surface area (Å²) in [7, 11) is 1.66. The molecule has 2 aliphatic heterocycles. The van der Waals surface area contributed by atoms with Crippen molar-refractivity contribution >= 4 is 11.6 Å². The summed E-state index contributed by atoms with van der Waals surface area (Å²) in [5, 5.41) is 6.51. The maximum Gasteiger partial charge on any atom is 0.257 e. The van der Waals surface area contributed by atoms with Gasteiger partial charge in [-0.3, -0.25) is 9.69 Å². The van der Waals surface area contributed by atoms with Crippen LogP contribution in [-0.4, -0.2) is 47.8 Å². The number of hydrogen-bond acceptors (Lipinski definition) is 4. The fourth-order valence-corrected chi connectivity index (χ4v) is 4.27. The number of nitrogens with zero attached hydrogens (tertiary/aromatic N) is 3. The molecule has 152 valence electrons. The summed E-state index contributed by atoms with van der Waals surface area (Å²) in [6, 6.07) is 18.5. The van der Waals surface area contributed by atoms with Crippen LogP contribution in [0.4, 0.5) is 0 Å². The number of piperidine rings is 1. The van der Waals surface area contributed by atoms with Gasteiger partial charge in [0, 0.05) is 12.5 Å². The highest BCUT2D eigenvalue weighted by Gasteiger charge is 2.34. The van der Waals surface area contributed by atoms with Gasteiger partial charge in [0.05, 0.1) is 25.4 Å². The Morgan fingerprint density at radius 3 is 2.55 bits per heavy atom. The third-order valence-electron chi connectivity index (χ3n) is 6.05. The lowest BCUT2D eigenvalue weighted by molar-refractivity contribution is -0.135. The lowest BCUT2D eigenvalue weighted by Crippen LogP contribution is -2.44. The highest BCUT2D eigenvalue weighted by Crippen LogP contribution is 2.34. The van der Waals surface area contributed by atoms with Crippen LogP contribution in [0.3, 0.4) is 0 Å². The van der Waals surface area contributed by atoms with E-state index in [1.54, 1.807) is 12.1 Å². The van der Waals surface area contributed by atoms with E-state index in [9.17, 15) is 4.79 Å². The molecule has 2 aromatic rings. The summed E-state index contributed by atoms with van der Waals surface area (Å²) in [4.78, 5) is 15.6. The van der Waals surface area contributed by atoms with E-state index in [0.717, 1.165) is 48.4 Å². The van der Waals surface area contributed by atoms with Gasteiger partial charge in [-0.05, 0) is 49.6 Å². The Labute approximate surface area is 173 Å². The zero-order valence-corrected chi connectivity index (χ0v) is 17.3. The molecule has 4 rings (SSSR count). The number of hydrogen-bond donors (Lipinski definition) is 0. The first-order valence-electron chi connectivity index (χ1n) is 10.5. The number of carbonyl (C=O) groups is 1. The summed E-state index contributed by atoms with van der Waals surface area (Å²) in [5.74, 6) is 0.890. The van der Waals surface area contributed by atoms with E-state index in [4.69, 9.17) is 9.84 Å². The second-order valence-corrected chi connectivity index (χ2v) is 7.96. The minimum absolute atomic E-state index is 0.0745. The lowest BCUT2D eigenvalue weighted by Gasteiger charge is -2.34. The molecular formula is C24H29N3O2. The Morgan fingerprint density at radius 2 is 1.86 bits per heavy atom. The highest BCUT2D eigenvalue weighted by molar-refractivity contribution is 6.03. The molecule has 0 N–H and O–H groups in total. The van der Waals surface area contributed by atoms with Crippen molar-refractivity contribution < 1.29 is 9.53 Å². The molecule has 2 atom stereocenters. The number of rotatable bonds is 5. The monoisotopic (exact) mass is 391 g/mol. The molecule has 0 unspecified atom stereocenters. The van der Waals surface area contributed by atoms with Crippen LogP contribution in [-0.2, 0) is 4.79 Å². The summed E-state index contributed by atoms with van der Waals surface area (Å²) < 4.78 is 5.29. The molecule has 0 spiro atoms. The van der Waals surface area contributed by atoms with Crippen molar-refractivity contribution in [3.63, 3.8) is 0 Å². The van der Waals surface area contributed by atoms with Gasteiger partial charge in [0.15, 0.2) is 0 Å². The summed E-state index contributed by atoms with van der Waals surface area (Å²) in [6.45, 7) is 3.64. The van der Waals surface area contributed by atoms with Crippen molar-refractivity contribution in [3.8, 4) is 5.75 Å². The van der Waals surface area contributed by atoms with Crippen molar-refractivity contribution in [2.75, 3.05) is 20.2 Å². The van der Waals surface area contributed by atoms with Gasteiger partial charge in [0.1, 0.15) is 5.75 Å². The number of amides is 1. The molecule has 2 heterocycles. The van der Waals surface area contributed by atoms with Crippen LogP contribution in [0.1, 0.15) is 49.8 Å². The summed E-state index contributed by atoms with van der Waals surface area (Å²) in [5.41, 5.74) is 3.12. The molecule has 0 aromatic heterocycles. The Hall–Kier alpha value is -2.66. The Bertz CT molecular complexity index is 863.